The van der Waals surface area contributed by atoms with Gasteiger partial charge in [-0.25, -0.2) is 0 Å². The third kappa shape index (κ3) is 3.56. The van der Waals surface area contributed by atoms with Gasteiger partial charge < -0.3 is 10.4 Å². The summed E-state index contributed by atoms with van der Waals surface area (Å²) in [6, 6.07) is 10.7. The van der Waals surface area contributed by atoms with Gasteiger partial charge in [0.15, 0.2) is 0 Å². The molecule has 17 heavy (non-hydrogen) atoms. The van der Waals surface area contributed by atoms with Gasteiger partial charge in [0, 0.05) is 6.04 Å². The van der Waals surface area contributed by atoms with Crippen molar-refractivity contribution in [2.24, 2.45) is 5.92 Å². The number of benzene rings is 1. The Labute approximate surface area is 102 Å². The first-order valence-electron chi connectivity index (χ1n) is 6.26. The lowest BCUT2D eigenvalue weighted by molar-refractivity contribution is -0.143. The van der Waals surface area contributed by atoms with Gasteiger partial charge in [0.05, 0.1) is 5.92 Å². The van der Waals surface area contributed by atoms with Crippen molar-refractivity contribution in [2.45, 2.75) is 31.7 Å². The Kier molecular flexibility index (Phi) is 4.15. The summed E-state index contributed by atoms with van der Waals surface area (Å²) in [7, 11) is 0. The molecule has 0 aromatic heterocycles. The molecule has 1 aliphatic rings. The summed E-state index contributed by atoms with van der Waals surface area (Å²) in [5.74, 6) is -0.798. The lowest BCUT2D eigenvalue weighted by Crippen LogP contribution is -2.40. The Morgan fingerprint density at radius 1 is 1.35 bits per heavy atom. The van der Waals surface area contributed by atoms with Gasteiger partial charge >= 0.3 is 5.97 Å². The van der Waals surface area contributed by atoms with Gasteiger partial charge in [-0.1, -0.05) is 30.3 Å². The molecular formula is C14H19NO2. The van der Waals surface area contributed by atoms with Crippen LogP contribution in [0.2, 0.25) is 0 Å². The van der Waals surface area contributed by atoms with Crippen molar-refractivity contribution in [3.63, 3.8) is 0 Å². The van der Waals surface area contributed by atoms with Crippen molar-refractivity contribution in [1.29, 1.82) is 0 Å². The van der Waals surface area contributed by atoms with Gasteiger partial charge in [0.25, 0.3) is 0 Å². The number of rotatable bonds is 4. The first-order valence-corrected chi connectivity index (χ1v) is 6.26. The Morgan fingerprint density at radius 3 is 2.82 bits per heavy atom. The van der Waals surface area contributed by atoms with Crippen LogP contribution in [0.3, 0.4) is 0 Å². The molecule has 3 heteroatoms. The predicted octanol–water partition coefficient (Wildman–Crippen LogP) is 2.07. The van der Waals surface area contributed by atoms with Gasteiger partial charge in [-0.05, 0) is 37.8 Å². The zero-order valence-electron chi connectivity index (χ0n) is 9.93. The fraction of sp³-hybridized carbons (Fsp3) is 0.500. The molecule has 0 amide bonds. The summed E-state index contributed by atoms with van der Waals surface area (Å²) in [6.07, 6.45) is 3.57. The summed E-state index contributed by atoms with van der Waals surface area (Å²) in [4.78, 5) is 10.9. The number of carboxylic acids is 1. The van der Waals surface area contributed by atoms with Crippen LogP contribution in [0.1, 0.15) is 24.8 Å². The molecule has 1 saturated heterocycles. The van der Waals surface area contributed by atoms with E-state index in [4.69, 9.17) is 5.11 Å². The molecule has 0 bridgehead atoms. The summed E-state index contributed by atoms with van der Waals surface area (Å²) >= 11 is 0. The Morgan fingerprint density at radius 2 is 2.12 bits per heavy atom. The molecule has 2 atom stereocenters. The quantitative estimate of drug-likeness (QED) is 0.837. The van der Waals surface area contributed by atoms with Crippen LogP contribution < -0.4 is 5.32 Å². The van der Waals surface area contributed by atoms with E-state index in [2.05, 4.69) is 17.4 Å². The van der Waals surface area contributed by atoms with E-state index in [0.717, 1.165) is 32.2 Å². The minimum atomic E-state index is -0.642. The molecule has 3 nitrogen and oxygen atoms in total. The van der Waals surface area contributed by atoms with Gasteiger partial charge in [0.2, 0.25) is 0 Å². The lowest BCUT2D eigenvalue weighted by atomic mass is 9.89. The molecule has 0 radical (unpaired) electrons. The second-order valence-corrected chi connectivity index (χ2v) is 4.73. The zero-order chi connectivity index (χ0) is 12.1. The number of hydrogen-bond acceptors (Lipinski definition) is 2. The predicted molar refractivity (Wildman–Crippen MR) is 66.9 cm³/mol. The maximum atomic E-state index is 10.9. The molecule has 2 unspecified atom stereocenters. The highest BCUT2D eigenvalue weighted by Crippen LogP contribution is 2.19. The van der Waals surface area contributed by atoms with Crippen LogP contribution in [0, 0.1) is 5.92 Å². The average molecular weight is 233 g/mol. The minimum absolute atomic E-state index is 0.156. The normalized spacial score (nSPS) is 24.5. The fourth-order valence-corrected chi connectivity index (χ4v) is 2.44. The van der Waals surface area contributed by atoms with E-state index in [9.17, 15) is 4.79 Å². The third-order valence-electron chi connectivity index (χ3n) is 3.47. The van der Waals surface area contributed by atoms with Crippen molar-refractivity contribution in [3.05, 3.63) is 35.9 Å². The number of carboxylic acid groups (broad SMARTS) is 1. The number of carbonyl (C=O) groups is 1. The van der Waals surface area contributed by atoms with Crippen molar-refractivity contribution in [3.8, 4) is 0 Å². The highest BCUT2D eigenvalue weighted by Gasteiger charge is 2.26. The van der Waals surface area contributed by atoms with Crippen LogP contribution in [0.4, 0.5) is 0 Å². The minimum Gasteiger partial charge on any atom is -0.481 e. The van der Waals surface area contributed by atoms with Crippen molar-refractivity contribution in [2.75, 3.05) is 6.54 Å². The van der Waals surface area contributed by atoms with Crippen molar-refractivity contribution in [1.82, 2.24) is 5.32 Å². The number of nitrogens with one attached hydrogen (secondary N) is 1. The Bertz CT molecular complexity index is 364. The van der Waals surface area contributed by atoms with Crippen LogP contribution in [0.15, 0.2) is 30.3 Å². The zero-order valence-corrected chi connectivity index (χ0v) is 9.93. The highest BCUT2D eigenvalue weighted by molar-refractivity contribution is 5.70. The number of aryl methyl sites for hydroxylation is 1. The first-order chi connectivity index (χ1) is 8.25. The highest BCUT2D eigenvalue weighted by atomic mass is 16.4. The summed E-state index contributed by atoms with van der Waals surface area (Å²) in [5.41, 5.74) is 1.33. The van der Waals surface area contributed by atoms with Crippen LogP contribution in [-0.2, 0) is 11.2 Å². The maximum absolute atomic E-state index is 10.9. The smallest absolute Gasteiger partial charge is 0.306 e. The van der Waals surface area contributed by atoms with Crippen LogP contribution in [0.25, 0.3) is 0 Å². The van der Waals surface area contributed by atoms with Gasteiger partial charge in [-0.3, -0.25) is 4.79 Å². The van der Waals surface area contributed by atoms with Gasteiger partial charge in [0.1, 0.15) is 0 Å². The second-order valence-electron chi connectivity index (χ2n) is 4.73. The fourth-order valence-electron chi connectivity index (χ4n) is 2.44. The largest absolute Gasteiger partial charge is 0.481 e. The van der Waals surface area contributed by atoms with E-state index < -0.39 is 5.97 Å². The summed E-state index contributed by atoms with van der Waals surface area (Å²) < 4.78 is 0. The van der Waals surface area contributed by atoms with E-state index in [1.807, 2.05) is 18.2 Å². The molecule has 0 spiro atoms. The molecule has 1 aliphatic heterocycles. The molecule has 1 heterocycles. The van der Waals surface area contributed by atoms with Crippen LogP contribution >= 0.6 is 0 Å². The van der Waals surface area contributed by atoms with E-state index in [1.165, 1.54) is 5.56 Å². The van der Waals surface area contributed by atoms with Crippen molar-refractivity contribution < 1.29 is 9.90 Å². The standard InChI is InChI=1S/C14H19NO2/c16-14(17)12-8-9-15-13(10-12)7-6-11-4-2-1-3-5-11/h1-5,12-13,15H,6-10H2,(H,16,17). The summed E-state index contributed by atoms with van der Waals surface area (Å²) in [6.45, 7) is 0.830. The van der Waals surface area contributed by atoms with Crippen LogP contribution in [0.5, 0.6) is 0 Å². The van der Waals surface area contributed by atoms with E-state index in [0.29, 0.717) is 6.04 Å². The molecule has 0 saturated carbocycles. The molecule has 2 N–H and O–H groups in total. The molecule has 1 aromatic rings. The van der Waals surface area contributed by atoms with Gasteiger partial charge in [-0.15, -0.1) is 0 Å². The topological polar surface area (TPSA) is 49.3 Å². The number of piperidine rings is 1. The average Bonchev–Trinajstić information content (AvgIpc) is 2.38. The number of aliphatic carboxylic acids is 1. The Hall–Kier alpha value is -1.35. The molecular weight excluding hydrogens is 214 g/mol. The first kappa shape index (κ1) is 12.1. The lowest BCUT2D eigenvalue weighted by Gasteiger charge is -2.28. The monoisotopic (exact) mass is 233 g/mol. The van der Waals surface area contributed by atoms with E-state index in [-0.39, 0.29) is 5.92 Å². The molecule has 0 aliphatic carbocycles. The van der Waals surface area contributed by atoms with Crippen LogP contribution in [-0.4, -0.2) is 23.7 Å². The van der Waals surface area contributed by atoms with Crippen molar-refractivity contribution >= 4 is 5.97 Å². The third-order valence-corrected chi connectivity index (χ3v) is 3.47. The number of hydrogen-bond donors (Lipinski definition) is 2. The summed E-state index contributed by atoms with van der Waals surface area (Å²) in [5, 5.41) is 12.4. The molecule has 2 rings (SSSR count). The second kappa shape index (κ2) is 5.82. The molecule has 1 fully saturated rings. The maximum Gasteiger partial charge on any atom is 0.306 e. The molecule has 92 valence electrons. The van der Waals surface area contributed by atoms with E-state index in [1.54, 1.807) is 0 Å². The van der Waals surface area contributed by atoms with E-state index >= 15 is 0 Å². The Balaban J connectivity index is 1.81. The van der Waals surface area contributed by atoms with Gasteiger partial charge in [-0.2, -0.15) is 0 Å². The SMILES string of the molecule is O=C(O)C1CCNC(CCc2ccccc2)C1. The molecule has 1 aromatic carbocycles.